The molecule has 4 rings (SSSR count). The van der Waals surface area contributed by atoms with Crippen molar-refractivity contribution >= 4 is 0 Å². The third-order valence-corrected chi connectivity index (χ3v) is 5.30. The Labute approximate surface area is 145 Å². The second-order valence-electron chi connectivity index (χ2n) is 6.92. The second-order valence-corrected chi connectivity index (χ2v) is 6.92. The van der Waals surface area contributed by atoms with E-state index in [1.807, 2.05) is 24.8 Å². The van der Waals surface area contributed by atoms with Crippen molar-refractivity contribution in [2.75, 3.05) is 13.1 Å². The van der Waals surface area contributed by atoms with Crippen LogP contribution in [0, 0.1) is 0 Å². The first-order chi connectivity index (χ1) is 11.9. The van der Waals surface area contributed by atoms with Gasteiger partial charge >= 0.3 is 0 Å². The Hall–Kier alpha value is -1.74. The highest BCUT2D eigenvalue weighted by molar-refractivity contribution is 5.16. The van der Waals surface area contributed by atoms with Crippen LogP contribution in [-0.4, -0.2) is 23.1 Å². The molecule has 24 heavy (non-hydrogen) atoms. The van der Waals surface area contributed by atoms with Gasteiger partial charge in [-0.05, 0) is 86.0 Å². The molecule has 3 nitrogen and oxygen atoms in total. The standard InChI is InChI=1S/C11H15N.C10H14N2/c1-2-4-10(5-3-1)11-6-8-12-9-7-11;1-5-11-6-2-9(1)10-3-7-12-8-4-10/h6-10H,1-5H2;1-2,5-6,10,12H,3-4,7-8H2. The molecule has 128 valence electrons. The molecule has 1 N–H and O–H groups in total. The van der Waals surface area contributed by atoms with Crippen LogP contribution >= 0.6 is 0 Å². The van der Waals surface area contributed by atoms with E-state index in [9.17, 15) is 0 Å². The molecule has 3 heterocycles. The number of nitrogens with one attached hydrogen (secondary N) is 1. The molecule has 2 aromatic heterocycles. The maximum atomic E-state index is 4.04. The van der Waals surface area contributed by atoms with Crippen LogP contribution < -0.4 is 5.32 Å². The smallest absolute Gasteiger partial charge is 0.0270 e. The number of nitrogens with zero attached hydrogens (tertiary/aromatic N) is 2. The van der Waals surface area contributed by atoms with Crippen LogP contribution in [0.15, 0.2) is 49.1 Å². The lowest BCUT2D eigenvalue weighted by atomic mass is 9.85. The highest BCUT2D eigenvalue weighted by atomic mass is 14.9. The van der Waals surface area contributed by atoms with E-state index in [0.29, 0.717) is 0 Å². The predicted octanol–water partition coefficient (Wildman–Crippen LogP) is 4.68. The molecule has 2 fully saturated rings. The summed E-state index contributed by atoms with van der Waals surface area (Å²) in [6.07, 6.45) is 17.1. The topological polar surface area (TPSA) is 37.8 Å². The van der Waals surface area contributed by atoms with Crippen LogP contribution in [0.1, 0.15) is 67.9 Å². The lowest BCUT2D eigenvalue weighted by Crippen LogP contribution is -2.26. The molecule has 0 bridgehead atoms. The van der Waals surface area contributed by atoms with E-state index in [1.54, 1.807) is 0 Å². The Morgan fingerprint density at radius 2 is 1.08 bits per heavy atom. The average molecular weight is 323 g/mol. The normalized spacial score (nSPS) is 19.3. The van der Waals surface area contributed by atoms with E-state index in [0.717, 1.165) is 24.9 Å². The number of hydrogen-bond donors (Lipinski definition) is 1. The minimum atomic E-state index is 0.759. The molecule has 0 radical (unpaired) electrons. The summed E-state index contributed by atoms with van der Waals surface area (Å²) in [7, 11) is 0. The van der Waals surface area contributed by atoms with Gasteiger partial charge in [0.05, 0.1) is 0 Å². The lowest BCUT2D eigenvalue weighted by Gasteiger charge is -2.22. The van der Waals surface area contributed by atoms with Gasteiger partial charge in [0.25, 0.3) is 0 Å². The van der Waals surface area contributed by atoms with Crippen LogP contribution in [0.2, 0.25) is 0 Å². The van der Waals surface area contributed by atoms with Crippen molar-refractivity contribution in [1.82, 2.24) is 15.3 Å². The SMILES string of the molecule is c1cc(C2CCCCC2)ccn1.c1cc(C2CCNCC2)ccn1. The maximum absolute atomic E-state index is 4.04. The Morgan fingerprint density at radius 1 is 0.625 bits per heavy atom. The summed E-state index contributed by atoms with van der Waals surface area (Å²) in [5.41, 5.74) is 2.94. The fraction of sp³-hybridized carbons (Fsp3) is 0.524. The molecular formula is C21H29N3. The number of piperidine rings is 1. The average Bonchev–Trinajstić information content (AvgIpc) is 2.71. The number of aromatic nitrogens is 2. The third-order valence-electron chi connectivity index (χ3n) is 5.30. The van der Waals surface area contributed by atoms with Gasteiger partial charge in [0.15, 0.2) is 0 Å². The maximum Gasteiger partial charge on any atom is 0.0270 e. The zero-order chi connectivity index (χ0) is 16.5. The molecule has 0 amide bonds. The van der Waals surface area contributed by atoms with Crippen molar-refractivity contribution < 1.29 is 0 Å². The van der Waals surface area contributed by atoms with Gasteiger partial charge in [-0.1, -0.05) is 19.3 Å². The molecule has 1 saturated carbocycles. The third kappa shape index (κ3) is 5.13. The van der Waals surface area contributed by atoms with Gasteiger partial charge < -0.3 is 5.32 Å². The van der Waals surface area contributed by atoms with Crippen LogP contribution in [0.4, 0.5) is 0 Å². The second kappa shape index (κ2) is 9.53. The molecular weight excluding hydrogens is 294 g/mol. The molecule has 0 unspecified atom stereocenters. The first-order valence-corrected chi connectivity index (χ1v) is 9.44. The highest BCUT2D eigenvalue weighted by Gasteiger charge is 2.15. The summed E-state index contributed by atoms with van der Waals surface area (Å²) < 4.78 is 0. The minimum absolute atomic E-state index is 0.759. The molecule has 1 aliphatic heterocycles. The Balaban J connectivity index is 0.000000141. The lowest BCUT2D eigenvalue weighted by molar-refractivity contribution is 0.443. The van der Waals surface area contributed by atoms with E-state index >= 15 is 0 Å². The first-order valence-electron chi connectivity index (χ1n) is 9.44. The fourth-order valence-electron chi connectivity index (χ4n) is 3.86. The van der Waals surface area contributed by atoms with E-state index in [2.05, 4.69) is 39.6 Å². The molecule has 2 aliphatic rings. The number of pyridine rings is 2. The van der Waals surface area contributed by atoms with Gasteiger partial charge in [0, 0.05) is 24.8 Å². The molecule has 3 heteroatoms. The summed E-state index contributed by atoms with van der Waals surface area (Å²) in [5.74, 6) is 1.58. The predicted molar refractivity (Wildman–Crippen MR) is 99.1 cm³/mol. The zero-order valence-electron chi connectivity index (χ0n) is 14.5. The number of rotatable bonds is 2. The quantitative estimate of drug-likeness (QED) is 0.872. The van der Waals surface area contributed by atoms with Crippen LogP contribution in [0.25, 0.3) is 0 Å². The Morgan fingerprint density at radius 3 is 1.58 bits per heavy atom. The van der Waals surface area contributed by atoms with Gasteiger partial charge in [-0.15, -0.1) is 0 Å². The van der Waals surface area contributed by atoms with Crippen molar-refractivity contribution in [2.24, 2.45) is 0 Å². The molecule has 0 aromatic carbocycles. The van der Waals surface area contributed by atoms with Crippen molar-refractivity contribution in [3.8, 4) is 0 Å². The van der Waals surface area contributed by atoms with E-state index in [1.165, 1.54) is 56.1 Å². The van der Waals surface area contributed by atoms with E-state index in [-0.39, 0.29) is 0 Å². The van der Waals surface area contributed by atoms with Gasteiger partial charge in [-0.2, -0.15) is 0 Å². The fourth-order valence-corrected chi connectivity index (χ4v) is 3.86. The van der Waals surface area contributed by atoms with Crippen LogP contribution in [0.5, 0.6) is 0 Å². The summed E-state index contributed by atoms with van der Waals surface area (Å²) in [6.45, 7) is 2.32. The van der Waals surface area contributed by atoms with Gasteiger partial charge in [-0.3, -0.25) is 9.97 Å². The van der Waals surface area contributed by atoms with Crippen LogP contribution in [0.3, 0.4) is 0 Å². The molecule has 1 saturated heterocycles. The monoisotopic (exact) mass is 323 g/mol. The largest absolute Gasteiger partial charge is 0.317 e. The summed E-state index contributed by atoms with van der Waals surface area (Å²) in [6, 6.07) is 8.60. The van der Waals surface area contributed by atoms with Crippen molar-refractivity contribution in [3.05, 3.63) is 60.2 Å². The minimum Gasteiger partial charge on any atom is -0.317 e. The molecule has 0 spiro atoms. The first kappa shape index (κ1) is 17.1. The Bertz CT molecular complexity index is 505. The Kier molecular flexibility index (Phi) is 6.79. The van der Waals surface area contributed by atoms with E-state index < -0.39 is 0 Å². The zero-order valence-corrected chi connectivity index (χ0v) is 14.5. The molecule has 2 aromatic rings. The van der Waals surface area contributed by atoms with E-state index in [4.69, 9.17) is 0 Å². The number of hydrogen-bond acceptors (Lipinski definition) is 3. The van der Waals surface area contributed by atoms with Crippen molar-refractivity contribution in [2.45, 2.75) is 56.8 Å². The van der Waals surface area contributed by atoms with Crippen molar-refractivity contribution in [3.63, 3.8) is 0 Å². The molecule has 0 atom stereocenters. The summed E-state index contributed by atoms with van der Waals surface area (Å²) >= 11 is 0. The summed E-state index contributed by atoms with van der Waals surface area (Å²) in [5, 5.41) is 3.37. The van der Waals surface area contributed by atoms with Crippen molar-refractivity contribution in [1.29, 1.82) is 0 Å². The van der Waals surface area contributed by atoms with Gasteiger partial charge in [0.2, 0.25) is 0 Å². The van der Waals surface area contributed by atoms with Gasteiger partial charge in [0.1, 0.15) is 0 Å². The summed E-state index contributed by atoms with van der Waals surface area (Å²) in [4.78, 5) is 8.06. The van der Waals surface area contributed by atoms with Gasteiger partial charge in [-0.25, -0.2) is 0 Å². The van der Waals surface area contributed by atoms with Crippen LogP contribution in [-0.2, 0) is 0 Å². The molecule has 1 aliphatic carbocycles. The highest BCUT2D eigenvalue weighted by Crippen LogP contribution is 2.31.